The number of ether oxygens (including phenoxy) is 1. The minimum Gasteiger partial charge on any atom is -0.406 e. The summed E-state index contributed by atoms with van der Waals surface area (Å²) in [5.41, 5.74) is 1.30. The van der Waals surface area contributed by atoms with E-state index in [1.807, 2.05) is 0 Å². The molecule has 1 aromatic heterocycles. The zero-order chi connectivity index (χ0) is 14.0. The molecule has 0 fully saturated rings. The molecular formula is C12H6Cl2F3NO. The number of benzene rings is 1. The van der Waals surface area contributed by atoms with Gasteiger partial charge in [0.05, 0.1) is 5.02 Å². The Kier molecular flexibility index (Phi) is 3.87. The Hall–Kier alpha value is -1.46. The lowest BCUT2D eigenvalue weighted by atomic mass is 10.1. The highest BCUT2D eigenvalue weighted by Crippen LogP contribution is 2.29. The molecule has 1 aromatic carbocycles. The van der Waals surface area contributed by atoms with Gasteiger partial charge in [0, 0.05) is 11.8 Å². The third kappa shape index (κ3) is 3.75. The molecule has 0 bridgehead atoms. The van der Waals surface area contributed by atoms with Crippen LogP contribution in [-0.4, -0.2) is 11.3 Å². The van der Waals surface area contributed by atoms with Gasteiger partial charge in [-0.05, 0) is 23.8 Å². The predicted molar refractivity (Wildman–Crippen MR) is 66.4 cm³/mol. The molecule has 0 atom stereocenters. The van der Waals surface area contributed by atoms with E-state index in [4.69, 9.17) is 23.2 Å². The molecule has 1 heterocycles. The summed E-state index contributed by atoms with van der Waals surface area (Å²) < 4.78 is 39.8. The van der Waals surface area contributed by atoms with Gasteiger partial charge in [0.1, 0.15) is 10.9 Å². The first-order valence-electron chi connectivity index (χ1n) is 5.02. The molecule has 0 aliphatic rings. The van der Waals surface area contributed by atoms with Gasteiger partial charge in [0.2, 0.25) is 0 Å². The first kappa shape index (κ1) is 14.0. The number of hydrogen-bond donors (Lipinski definition) is 0. The van der Waals surface area contributed by atoms with Crippen molar-refractivity contribution in [3.8, 4) is 16.9 Å². The van der Waals surface area contributed by atoms with E-state index in [-0.39, 0.29) is 15.9 Å². The molecule has 0 radical (unpaired) electrons. The number of aromatic nitrogens is 1. The maximum atomic E-state index is 12.0. The first-order valence-corrected chi connectivity index (χ1v) is 5.78. The fourth-order valence-electron chi connectivity index (χ4n) is 1.43. The lowest BCUT2D eigenvalue weighted by Gasteiger charge is -2.09. The Morgan fingerprint density at radius 3 is 2.16 bits per heavy atom. The van der Waals surface area contributed by atoms with Crippen LogP contribution in [-0.2, 0) is 0 Å². The van der Waals surface area contributed by atoms with Crippen molar-refractivity contribution < 1.29 is 17.9 Å². The van der Waals surface area contributed by atoms with Gasteiger partial charge in [-0.25, -0.2) is 4.98 Å². The Morgan fingerprint density at radius 2 is 1.63 bits per heavy atom. The van der Waals surface area contributed by atoms with Gasteiger partial charge in [-0.15, -0.1) is 13.2 Å². The van der Waals surface area contributed by atoms with Gasteiger partial charge in [-0.3, -0.25) is 0 Å². The minimum absolute atomic E-state index is 0.169. The van der Waals surface area contributed by atoms with E-state index in [1.165, 1.54) is 30.5 Å². The average Bonchev–Trinajstić information content (AvgIpc) is 2.32. The van der Waals surface area contributed by atoms with Crippen molar-refractivity contribution in [3.63, 3.8) is 0 Å². The second-order valence-electron chi connectivity index (χ2n) is 3.57. The highest BCUT2D eigenvalue weighted by atomic mass is 35.5. The number of pyridine rings is 1. The van der Waals surface area contributed by atoms with Gasteiger partial charge in [0.15, 0.2) is 0 Å². The predicted octanol–water partition coefficient (Wildman–Crippen LogP) is 4.95. The molecular weight excluding hydrogens is 302 g/mol. The lowest BCUT2D eigenvalue weighted by Crippen LogP contribution is -2.16. The normalized spacial score (nSPS) is 11.4. The van der Waals surface area contributed by atoms with E-state index >= 15 is 0 Å². The number of halogens is 5. The van der Waals surface area contributed by atoms with Gasteiger partial charge in [0.25, 0.3) is 0 Å². The third-order valence-corrected chi connectivity index (χ3v) is 2.90. The van der Waals surface area contributed by atoms with Crippen LogP contribution in [0.15, 0.2) is 36.5 Å². The molecule has 2 nitrogen and oxygen atoms in total. The Balaban J connectivity index is 2.25. The molecule has 0 unspecified atom stereocenters. The number of rotatable bonds is 2. The highest BCUT2D eigenvalue weighted by molar-refractivity contribution is 6.41. The molecule has 0 saturated carbocycles. The Labute approximate surface area is 116 Å². The van der Waals surface area contributed by atoms with Crippen molar-refractivity contribution in [3.05, 3.63) is 46.7 Å². The fourth-order valence-corrected chi connectivity index (χ4v) is 1.70. The van der Waals surface area contributed by atoms with Gasteiger partial charge < -0.3 is 4.74 Å². The summed E-state index contributed by atoms with van der Waals surface area (Å²) >= 11 is 11.5. The summed E-state index contributed by atoms with van der Waals surface area (Å²) in [5, 5.41) is 0.442. The third-order valence-electron chi connectivity index (χ3n) is 2.22. The molecule has 0 saturated heterocycles. The molecule has 0 N–H and O–H groups in total. The van der Waals surface area contributed by atoms with Gasteiger partial charge in [-0.1, -0.05) is 35.3 Å². The molecule has 2 aromatic rings. The molecule has 0 amide bonds. The van der Waals surface area contributed by atoms with E-state index in [0.717, 1.165) is 0 Å². The Morgan fingerprint density at radius 1 is 1.00 bits per heavy atom. The smallest absolute Gasteiger partial charge is 0.406 e. The van der Waals surface area contributed by atoms with Crippen molar-refractivity contribution >= 4 is 23.2 Å². The van der Waals surface area contributed by atoms with Crippen LogP contribution in [0, 0.1) is 0 Å². The number of alkyl halides is 3. The SMILES string of the molecule is FC(F)(F)Oc1ccc(-c2cnc(Cl)c(Cl)c2)cc1. The van der Waals surface area contributed by atoms with Gasteiger partial charge >= 0.3 is 6.36 Å². The highest BCUT2D eigenvalue weighted by Gasteiger charge is 2.30. The van der Waals surface area contributed by atoms with Crippen LogP contribution in [0.25, 0.3) is 11.1 Å². The molecule has 2 rings (SSSR count). The van der Waals surface area contributed by atoms with Crippen LogP contribution in [0.4, 0.5) is 13.2 Å². The monoisotopic (exact) mass is 307 g/mol. The molecule has 100 valence electrons. The minimum atomic E-state index is -4.70. The quantitative estimate of drug-likeness (QED) is 0.732. The second kappa shape index (κ2) is 5.27. The summed E-state index contributed by atoms with van der Waals surface area (Å²) in [6.07, 6.45) is -3.22. The van der Waals surface area contributed by atoms with Crippen molar-refractivity contribution in [1.29, 1.82) is 0 Å². The van der Waals surface area contributed by atoms with Gasteiger partial charge in [-0.2, -0.15) is 0 Å². The zero-order valence-electron chi connectivity index (χ0n) is 9.21. The summed E-state index contributed by atoms with van der Waals surface area (Å²) in [7, 11) is 0. The van der Waals surface area contributed by atoms with E-state index < -0.39 is 6.36 Å². The second-order valence-corrected chi connectivity index (χ2v) is 4.33. The molecule has 0 aliphatic heterocycles. The van der Waals surface area contributed by atoms with E-state index in [0.29, 0.717) is 11.1 Å². The Bertz CT molecular complexity index is 585. The van der Waals surface area contributed by atoms with Crippen molar-refractivity contribution in [1.82, 2.24) is 4.98 Å². The summed E-state index contributed by atoms with van der Waals surface area (Å²) in [5.74, 6) is -0.288. The van der Waals surface area contributed by atoms with Crippen LogP contribution in [0.1, 0.15) is 0 Å². The van der Waals surface area contributed by atoms with Crippen LogP contribution in [0.3, 0.4) is 0 Å². The molecule has 0 aliphatic carbocycles. The molecule has 7 heteroatoms. The molecule has 0 spiro atoms. The van der Waals surface area contributed by atoms with Crippen molar-refractivity contribution in [2.24, 2.45) is 0 Å². The van der Waals surface area contributed by atoms with E-state index in [9.17, 15) is 13.2 Å². The van der Waals surface area contributed by atoms with Crippen molar-refractivity contribution in [2.45, 2.75) is 6.36 Å². The van der Waals surface area contributed by atoms with Crippen LogP contribution < -0.4 is 4.74 Å². The largest absolute Gasteiger partial charge is 0.573 e. The van der Waals surface area contributed by atoms with Crippen molar-refractivity contribution in [2.75, 3.05) is 0 Å². The van der Waals surface area contributed by atoms with Crippen LogP contribution >= 0.6 is 23.2 Å². The summed E-state index contributed by atoms with van der Waals surface area (Å²) in [6.45, 7) is 0. The van der Waals surface area contributed by atoms with Crippen LogP contribution in [0.2, 0.25) is 10.2 Å². The first-order chi connectivity index (χ1) is 8.85. The maximum absolute atomic E-state index is 12.0. The average molecular weight is 308 g/mol. The molecule has 19 heavy (non-hydrogen) atoms. The van der Waals surface area contributed by atoms with E-state index in [2.05, 4.69) is 9.72 Å². The number of hydrogen-bond acceptors (Lipinski definition) is 2. The summed E-state index contributed by atoms with van der Waals surface area (Å²) in [4.78, 5) is 3.86. The zero-order valence-corrected chi connectivity index (χ0v) is 10.7. The maximum Gasteiger partial charge on any atom is 0.573 e. The lowest BCUT2D eigenvalue weighted by molar-refractivity contribution is -0.274. The van der Waals surface area contributed by atoms with Crippen LogP contribution in [0.5, 0.6) is 5.75 Å². The standard InChI is InChI=1S/C12H6Cl2F3NO/c13-10-5-8(6-18-11(10)14)7-1-3-9(4-2-7)19-12(15,16)17/h1-6H. The number of nitrogens with zero attached hydrogens (tertiary/aromatic N) is 1. The topological polar surface area (TPSA) is 22.1 Å². The summed E-state index contributed by atoms with van der Waals surface area (Å²) in [6, 6.07) is 6.96. The fraction of sp³-hybridized carbons (Fsp3) is 0.0833. The van der Waals surface area contributed by atoms with E-state index in [1.54, 1.807) is 6.07 Å².